The first-order valence-corrected chi connectivity index (χ1v) is 12.5. The maximum atomic E-state index is 10.1. The van der Waals surface area contributed by atoms with Crippen molar-refractivity contribution < 1.29 is 10.2 Å². The van der Waals surface area contributed by atoms with E-state index >= 15 is 0 Å². The number of aliphatic hydroxyl groups is 2. The largest absolute Gasteiger partial charge is 0.393 e. The summed E-state index contributed by atoms with van der Waals surface area (Å²) in [5.74, 6) is 3.28. The van der Waals surface area contributed by atoms with Crippen molar-refractivity contribution in [2.75, 3.05) is 0 Å². The smallest absolute Gasteiger partial charge is 0.0578 e. The topological polar surface area (TPSA) is 40.5 Å². The van der Waals surface area contributed by atoms with Crippen molar-refractivity contribution in [3.8, 4) is 0 Å². The summed E-state index contributed by atoms with van der Waals surface area (Å²) in [4.78, 5) is 0. The predicted octanol–water partition coefficient (Wildman–Crippen LogP) is 6.81. The van der Waals surface area contributed by atoms with Gasteiger partial charge in [-0.1, -0.05) is 70.3 Å². The average Bonchev–Trinajstić information content (AvgIpc) is 2.92. The third-order valence-electron chi connectivity index (χ3n) is 8.53. The first kappa shape index (κ1) is 23.1. The molecule has 0 spiro atoms. The monoisotopic (exact) mass is 402 g/mol. The summed E-state index contributed by atoms with van der Waals surface area (Å²) in [5, 5.41) is 20.3. The molecule has 3 saturated carbocycles. The Labute approximate surface area is 179 Å². The summed E-state index contributed by atoms with van der Waals surface area (Å²) >= 11 is 0. The number of hydrogen-bond donors (Lipinski definition) is 2. The van der Waals surface area contributed by atoms with E-state index in [1.165, 1.54) is 56.9 Å². The summed E-state index contributed by atoms with van der Waals surface area (Å²) in [6, 6.07) is 0. The van der Waals surface area contributed by atoms with E-state index in [9.17, 15) is 10.2 Å². The van der Waals surface area contributed by atoms with E-state index in [0.29, 0.717) is 5.41 Å². The van der Waals surface area contributed by atoms with Gasteiger partial charge in [-0.25, -0.2) is 0 Å². The minimum absolute atomic E-state index is 0.282. The van der Waals surface area contributed by atoms with Gasteiger partial charge in [-0.15, -0.1) is 0 Å². The van der Waals surface area contributed by atoms with Crippen LogP contribution in [-0.4, -0.2) is 22.4 Å². The molecule has 3 aliphatic rings. The molecule has 6 unspecified atom stereocenters. The SMILES string of the molecule is CC(C)CCCC(C)C1CCC2/C(=C\C=C3CC(O)CCC(O)C3)CCCC21C. The molecule has 3 aliphatic carbocycles. The maximum Gasteiger partial charge on any atom is 0.0578 e. The van der Waals surface area contributed by atoms with Crippen LogP contribution in [0, 0.1) is 29.1 Å². The van der Waals surface area contributed by atoms with Crippen LogP contribution in [-0.2, 0) is 0 Å². The van der Waals surface area contributed by atoms with Gasteiger partial charge in [0, 0.05) is 0 Å². The van der Waals surface area contributed by atoms with Crippen molar-refractivity contribution in [1.29, 1.82) is 0 Å². The highest BCUT2D eigenvalue weighted by molar-refractivity contribution is 5.26. The van der Waals surface area contributed by atoms with Gasteiger partial charge < -0.3 is 10.2 Å². The van der Waals surface area contributed by atoms with Crippen LogP contribution < -0.4 is 0 Å². The van der Waals surface area contributed by atoms with E-state index in [4.69, 9.17) is 0 Å². The van der Waals surface area contributed by atoms with Crippen molar-refractivity contribution in [2.24, 2.45) is 29.1 Å². The van der Waals surface area contributed by atoms with Gasteiger partial charge in [-0.3, -0.25) is 0 Å². The lowest BCUT2D eigenvalue weighted by atomic mass is 9.60. The molecule has 0 saturated heterocycles. The van der Waals surface area contributed by atoms with Gasteiger partial charge in [0.2, 0.25) is 0 Å². The van der Waals surface area contributed by atoms with Crippen LogP contribution in [0.3, 0.4) is 0 Å². The van der Waals surface area contributed by atoms with Crippen molar-refractivity contribution >= 4 is 0 Å². The summed E-state index contributed by atoms with van der Waals surface area (Å²) in [7, 11) is 0. The van der Waals surface area contributed by atoms with Gasteiger partial charge in [0.25, 0.3) is 0 Å². The zero-order chi connectivity index (χ0) is 21.0. The summed E-state index contributed by atoms with van der Waals surface area (Å²) in [6.07, 6.45) is 17.9. The molecule has 0 heterocycles. The molecule has 0 aromatic heterocycles. The Balaban J connectivity index is 1.69. The molecule has 0 aliphatic heterocycles. The second kappa shape index (κ2) is 10.1. The van der Waals surface area contributed by atoms with E-state index in [-0.39, 0.29) is 12.2 Å². The third-order valence-corrected chi connectivity index (χ3v) is 8.53. The minimum Gasteiger partial charge on any atom is -0.393 e. The Morgan fingerprint density at radius 3 is 2.31 bits per heavy atom. The van der Waals surface area contributed by atoms with Crippen LogP contribution in [0.5, 0.6) is 0 Å². The van der Waals surface area contributed by atoms with Gasteiger partial charge in [0.15, 0.2) is 0 Å². The number of allylic oxidation sites excluding steroid dienone is 3. The van der Waals surface area contributed by atoms with Crippen LogP contribution in [0.2, 0.25) is 0 Å². The molecule has 3 rings (SSSR count). The van der Waals surface area contributed by atoms with E-state index in [2.05, 4.69) is 39.8 Å². The highest BCUT2D eigenvalue weighted by Gasteiger charge is 2.50. The van der Waals surface area contributed by atoms with Crippen molar-refractivity contribution in [1.82, 2.24) is 0 Å². The van der Waals surface area contributed by atoms with E-state index in [1.807, 2.05) is 0 Å². The van der Waals surface area contributed by atoms with Crippen molar-refractivity contribution in [3.63, 3.8) is 0 Å². The Kier molecular flexibility index (Phi) is 8.07. The molecule has 166 valence electrons. The number of fused-ring (bicyclic) bond motifs is 1. The summed E-state index contributed by atoms with van der Waals surface area (Å²) in [6.45, 7) is 9.80. The van der Waals surface area contributed by atoms with Gasteiger partial charge >= 0.3 is 0 Å². The quantitative estimate of drug-likeness (QED) is 0.479. The van der Waals surface area contributed by atoms with Crippen LogP contribution >= 0.6 is 0 Å². The average molecular weight is 403 g/mol. The highest BCUT2D eigenvalue weighted by atomic mass is 16.3. The Morgan fingerprint density at radius 1 is 0.966 bits per heavy atom. The first-order valence-electron chi connectivity index (χ1n) is 12.5. The molecule has 2 N–H and O–H groups in total. The lowest BCUT2D eigenvalue weighted by molar-refractivity contribution is 0.0929. The summed E-state index contributed by atoms with van der Waals surface area (Å²) < 4.78 is 0. The lowest BCUT2D eigenvalue weighted by Crippen LogP contribution is -2.36. The van der Waals surface area contributed by atoms with Gasteiger partial charge in [-0.2, -0.15) is 0 Å². The van der Waals surface area contributed by atoms with E-state index in [0.717, 1.165) is 49.4 Å². The Morgan fingerprint density at radius 2 is 1.66 bits per heavy atom. The molecule has 0 aromatic rings. The molecule has 2 heteroatoms. The van der Waals surface area contributed by atoms with Gasteiger partial charge in [-0.05, 0) is 86.9 Å². The van der Waals surface area contributed by atoms with Crippen LogP contribution in [0.1, 0.15) is 105 Å². The van der Waals surface area contributed by atoms with Gasteiger partial charge in [0.1, 0.15) is 0 Å². The third kappa shape index (κ3) is 5.76. The highest BCUT2D eigenvalue weighted by Crippen LogP contribution is 2.59. The predicted molar refractivity (Wildman–Crippen MR) is 123 cm³/mol. The minimum atomic E-state index is -0.282. The molecule has 29 heavy (non-hydrogen) atoms. The normalized spacial score (nSPS) is 38.2. The Hall–Kier alpha value is -0.600. The van der Waals surface area contributed by atoms with E-state index < -0.39 is 0 Å². The number of aliphatic hydroxyl groups excluding tert-OH is 2. The van der Waals surface area contributed by atoms with Crippen LogP contribution in [0.15, 0.2) is 23.3 Å². The molecule has 0 aromatic carbocycles. The maximum absolute atomic E-state index is 10.1. The zero-order valence-corrected chi connectivity index (χ0v) is 19.5. The Bertz CT molecular complexity index is 575. The lowest BCUT2D eigenvalue weighted by Gasteiger charge is -2.44. The second-order valence-electron chi connectivity index (χ2n) is 11.3. The van der Waals surface area contributed by atoms with Crippen LogP contribution in [0.4, 0.5) is 0 Å². The molecule has 2 nitrogen and oxygen atoms in total. The fraction of sp³-hybridized carbons (Fsp3) is 0.852. The first-order chi connectivity index (χ1) is 13.8. The number of rotatable bonds is 6. The molecule has 3 fully saturated rings. The fourth-order valence-electron chi connectivity index (χ4n) is 6.90. The molecule has 6 atom stereocenters. The van der Waals surface area contributed by atoms with Crippen LogP contribution in [0.25, 0.3) is 0 Å². The fourth-order valence-corrected chi connectivity index (χ4v) is 6.90. The molecule has 0 bridgehead atoms. The molecular weight excluding hydrogens is 356 g/mol. The second-order valence-corrected chi connectivity index (χ2v) is 11.3. The number of hydrogen-bond acceptors (Lipinski definition) is 2. The van der Waals surface area contributed by atoms with Gasteiger partial charge in [0.05, 0.1) is 12.2 Å². The molecular formula is C27H46O2. The zero-order valence-electron chi connectivity index (χ0n) is 19.5. The molecule has 0 amide bonds. The van der Waals surface area contributed by atoms with E-state index in [1.54, 1.807) is 5.57 Å². The summed E-state index contributed by atoms with van der Waals surface area (Å²) in [5.41, 5.74) is 3.36. The standard InChI is InChI=1S/C27H46O2/c1-19(2)7-5-8-20(3)25-14-15-26-22(9-6-16-27(25,26)4)11-10-21-17-23(28)12-13-24(29)18-21/h10-11,19-20,23-26,28-29H,5-9,12-18H2,1-4H3/b21-10?,22-11-. The van der Waals surface area contributed by atoms with Crippen molar-refractivity contribution in [2.45, 2.75) is 117 Å². The molecule has 0 radical (unpaired) electrons. The van der Waals surface area contributed by atoms with Crippen molar-refractivity contribution in [3.05, 3.63) is 23.3 Å².